The molecular weight excluding hydrogens is 384 g/mol. The number of nitrogens with two attached hydrogens (primary N) is 1. The summed E-state index contributed by atoms with van der Waals surface area (Å²) in [7, 11) is 0. The van der Waals surface area contributed by atoms with Gasteiger partial charge < -0.3 is 30.9 Å². The van der Waals surface area contributed by atoms with Gasteiger partial charge in [-0.25, -0.2) is 4.79 Å². The number of nitrogens with zero attached hydrogens (tertiary/aromatic N) is 1. The molecule has 0 fully saturated rings. The summed E-state index contributed by atoms with van der Waals surface area (Å²) < 4.78 is 4.56. The monoisotopic (exact) mass is 422 g/mol. The van der Waals surface area contributed by atoms with Crippen LogP contribution in [0.15, 0.2) is 0 Å². The minimum absolute atomic E-state index is 0.0298. The fourth-order valence-corrected chi connectivity index (χ4v) is 2.27. The number of esters is 2. The lowest BCUT2D eigenvalue weighted by Gasteiger charge is -2.17. The molecule has 0 aromatic carbocycles. The minimum Gasteiger partial charge on any atom is -0.481 e. The maximum absolute atomic E-state index is 11.3. The second kappa shape index (κ2) is 21.1. The maximum Gasteiger partial charge on any atom is 0.330 e. The molecule has 0 aliphatic carbocycles. The number of hydrogen-bond donors (Lipinski definition) is 5. The van der Waals surface area contributed by atoms with Crippen molar-refractivity contribution in [2.45, 2.75) is 64.3 Å². The lowest BCUT2D eigenvalue weighted by molar-refractivity contribution is -0.160. The predicted octanol–water partition coefficient (Wildman–Crippen LogP) is -0.126. The van der Waals surface area contributed by atoms with E-state index in [1.165, 1.54) is 0 Å². The van der Waals surface area contributed by atoms with Crippen molar-refractivity contribution in [3.8, 4) is 0 Å². The van der Waals surface area contributed by atoms with Crippen molar-refractivity contribution < 1.29 is 39.5 Å². The van der Waals surface area contributed by atoms with E-state index in [4.69, 9.17) is 26.2 Å². The number of carbonyl (C=O) groups is 3. The molecule has 0 saturated carbocycles. The van der Waals surface area contributed by atoms with Crippen molar-refractivity contribution in [3.05, 3.63) is 0 Å². The van der Waals surface area contributed by atoms with Crippen LogP contribution in [0.1, 0.15) is 58.3 Å². The first-order chi connectivity index (χ1) is 13.8. The van der Waals surface area contributed by atoms with Gasteiger partial charge in [0.05, 0.1) is 19.8 Å². The molecule has 1 unspecified atom stereocenters. The Bertz CT molecular complexity index is 420. The molecule has 10 heteroatoms. The highest BCUT2D eigenvalue weighted by atomic mass is 16.6. The van der Waals surface area contributed by atoms with E-state index < -0.39 is 23.9 Å². The molecule has 1 atom stereocenters. The number of aliphatic hydroxyl groups is 3. The average Bonchev–Trinajstić information content (AvgIpc) is 2.67. The van der Waals surface area contributed by atoms with Crippen molar-refractivity contribution in [1.29, 1.82) is 0 Å². The average molecular weight is 423 g/mol. The Hall–Kier alpha value is -1.59. The zero-order valence-electron chi connectivity index (χ0n) is 17.4. The van der Waals surface area contributed by atoms with Gasteiger partial charge in [0.15, 0.2) is 0 Å². The number of carboxylic acids is 1. The molecule has 0 saturated heterocycles. The van der Waals surface area contributed by atoms with Gasteiger partial charge in [0.1, 0.15) is 6.04 Å². The van der Waals surface area contributed by atoms with Gasteiger partial charge in [0.2, 0.25) is 0 Å². The third-order valence-corrected chi connectivity index (χ3v) is 3.92. The molecular formula is C19H38N2O8. The summed E-state index contributed by atoms with van der Waals surface area (Å²) in [5, 5.41) is 33.9. The SMILES string of the molecule is CCCCCCCC(=O)OC(=O)C(N)CCC(=O)O.OCCN(CCO)CCO. The molecule has 0 spiro atoms. The highest BCUT2D eigenvalue weighted by molar-refractivity contribution is 5.88. The van der Waals surface area contributed by atoms with Gasteiger partial charge >= 0.3 is 17.9 Å². The summed E-state index contributed by atoms with van der Waals surface area (Å²) in [6.45, 7) is 3.86. The summed E-state index contributed by atoms with van der Waals surface area (Å²) in [4.78, 5) is 34.7. The summed E-state index contributed by atoms with van der Waals surface area (Å²) in [5.74, 6) is -2.47. The number of unbranched alkanes of at least 4 members (excludes halogenated alkanes) is 4. The van der Waals surface area contributed by atoms with Crippen molar-refractivity contribution in [2.75, 3.05) is 39.5 Å². The third-order valence-electron chi connectivity index (χ3n) is 3.92. The van der Waals surface area contributed by atoms with Gasteiger partial charge in [-0.05, 0) is 12.8 Å². The van der Waals surface area contributed by atoms with E-state index in [0.29, 0.717) is 26.1 Å². The predicted molar refractivity (Wildman–Crippen MR) is 107 cm³/mol. The number of aliphatic carboxylic acids is 1. The smallest absolute Gasteiger partial charge is 0.330 e. The lowest BCUT2D eigenvalue weighted by atomic mass is 10.1. The first-order valence-corrected chi connectivity index (χ1v) is 10.1. The Labute approximate surface area is 172 Å². The van der Waals surface area contributed by atoms with Gasteiger partial charge in [-0.2, -0.15) is 0 Å². The van der Waals surface area contributed by atoms with Crippen LogP contribution in [0.3, 0.4) is 0 Å². The number of carboxylic acid groups (broad SMARTS) is 1. The van der Waals surface area contributed by atoms with E-state index in [1.807, 2.05) is 0 Å². The van der Waals surface area contributed by atoms with Crippen LogP contribution in [-0.4, -0.2) is 88.7 Å². The summed E-state index contributed by atoms with van der Waals surface area (Å²) in [6.07, 6.45) is 4.89. The minimum atomic E-state index is -1.06. The summed E-state index contributed by atoms with van der Waals surface area (Å²) in [6, 6.07) is -1.06. The van der Waals surface area contributed by atoms with Crippen LogP contribution in [0.5, 0.6) is 0 Å². The highest BCUT2D eigenvalue weighted by Gasteiger charge is 2.19. The molecule has 0 heterocycles. The van der Waals surface area contributed by atoms with Crippen molar-refractivity contribution >= 4 is 17.9 Å². The van der Waals surface area contributed by atoms with E-state index in [1.54, 1.807) is 4.90 Å². The van der Waals surface area contributed by atoms with Gasteiger partial charge in [-0.1, -0.05) is 32.6 Å². The molecule has 0 aromatic rings. The molecule has 0 amide bonds. The maximum atomic E-state index is 11.3. The van der Waals surface area contributed by atoms with E-state index in [0.717, 1.165) is 25.7 Å². The van der Waals surface area contributed by atoms with Crippen molar-refractivity contribution in [3.63, 3.8) is 0 Å². The van der Waals surface area contributed by atoms with Crippen molar-refractivity contribution in [2.24, 2.45) is 5.73 Å². The topological polar surface area (TPSA) is 171 Å². The molecule has 29 heavy (non-hydrogen) atoms. The van der Waals surface area contributed by atoms with E-state index in [9.17, 15) is 14.4 Å². The van der Waals surface area contributed by atoms with Crippen molar-refractivity contribution in [1.82, 2.24) is 4.90 Å². The molecule has 0 aliphatic heterocycles. The molecule has 0 rings (SSSR count). The van der Waals surface area contributed by atoms with Crippen LogP contribution in [-0.2, 0) is 19.1 Å². The Kier molecular flexibility index (Phi) is 21.6. The molecule has 0 bridgehead atoms. The third kappa shape index (κ3) is 20.9. The van der Waals surface area contributed by atoms with Crippen LogP contribution in [0.2, 0.25) is 0 Å². The number of aliphatic hydroxyl groups excluding tert-OH is 3. The van der Waals surface area contributed by atoms with Gasteiger partial charge in [0.25, 0.3) is 0 Å². The van der Waals surface area contributed by atoms with Crippen LogP contribution in [0.4, 0.5) is 0 Å². The van der Waals surface area contributed by atoms with Crippen LogP contribution >= 0.6 is 0 Å². The van der Waals surface area contributed by atoms with Gasteiger partial charge in [-0.15, -0.1) is 0 Å². The number of ether oxygens (including phenoxy) is 1. The molecule has 6 N–H and O–H groups in total. The zero-order valence-corrected chi connectivity index (χ0v) is 17.4. The number of carbonyl (C=O) groups excluding carboxylic acids is 2. The molecule has 10 nitrogen and oxygen atoms in total. The molecule has 0 aliphatic rings. The number of hydrogen-bond acceptors (Lipinski definition) is 9. The molecule has 0 aromatic heterocycles. The van der Waals surface area contributed by atoms with Crippen LogP contribution in [0, 0.1) is 0 Å². The Morgan fingerprint density at radius 2 is 1.41 bits per heavy atom. The molecule has 0 radical (unpaired) electrons. The van der Waals surface area contributed by atoms with Crippen LogP contribution < -0.4 is 5.73 Å². The van der Waals surface area contributed by atoms with E-state index in [2.05, 4.69) is 11.7 Å². The first kappa shape index (κ1) is 29.6. The fourth-order valence-electron chi connectivity index (χ4n) is 2.27. The summed E-state index contributed by atoms with van der Waals surface area (Å²) in [5.41, 5.74) is 5.42. The Morgan fingerprint density at radius 1 is 0.897 bits per heavy atom. The Balaban J connectivity index is 0. The van der Waals surface area contributed by atoms with Gasteiger partial charge in [-0.3, -0.25) is 14.5 Å². The highest BCUT2D eigenvalue weighted by Crippen LogP contribution is 2.06. The first-order valence-electron chi connectivity index (χ1n) is 10.1. The summed E-state index contributed by atoms with van der Waals surface area (Å²) >= 11 is 0. The van der Waals surface area contributed by atoms with Crippen LogP contribution in [0.25, 0.3) is 0 Å². The Morgan fingerprint density at radius 3 is 1.86 bits per heavy atom. The fraction of sp³-hybridized carbons (Fsp3) is 0.842. The second-order valence-corrected chi connectivity index (χ2v) is 6.51. The second-order valence-electron chi connectivity index (χ2n) is 6.51. The normalized spacial score (nSPS) is 11.5. The lowest BCUT2D eigenvalue weighted by Crippen LogP contribution is -2.34. The zero-order chi connectivity index (χ0) is 22.5. The largest absolute Gasteiger partial charge is 0.481 e. The standard InChI is InChI=1S/C13H23NO5.C6H15NO3/c1-2-3-4-5-6-7-12(17)19-13(18)10(14)8-9-11(15)16;8-4-1-7(2-5-9)3-6-10/h10H,2-9,14H2,1H3,(H,15,16);8-10H,1-6H2. The van der Waals surface area contributed by atoms with E-state index in [-0.39, 0.29) is 39.1 Å². The number of rotatable bonds is 16. The molecule has 172 valence electrons. The van der Waals surface area contributed by atoms with Gasteiger partial charge in [0, 0.05) is 32.5 Å². The quantitative estimate of drug-likeness (QED) is 0.128. The van der Waals surface area contributed by atoms with E-state index >= 15 is 0 Å².